The van der Waals surface area contributed by atoms with Gasteiger partial charge < -0.3 is 29.6 Å². The molecule has 0 radical (unpaired) electrons. The highest BCUT2D eigenvalue weighted by Gasteiger charge is 2.28. The molecule has 1 rings (SSSR count). The average Bonchev–Trinajstić information content (AvgIpc) is 2.90. The van der Waals surface area contributed by atoms with Gasteiger partial charge in [-0.2, -0.15) is 23.5 Å². The molecule has 1 aromatic carbocycles. The molecule has 0 unspecified atom stereocenters. The Morgan fingerprint density at radius 2 is 1.12 bits per heavy atom. The molecule has 2 amide bonds. The van der Waals surface area contributed by atoms with Crippen LogP contribution in [0.4, 0.5) is 9.59 Å². The Kier molecular flexibility index (Phi) is 14.7. The number of alkyl carbamates (subject to hydrolysis) is 2. The number of esters is 2. The standard InChI is InChI=1S/C28H40N2O8S2/c1-19(23(31)35-7)17-39-14-12-37-25(33)29-27(3,4)21-10-9-11-22(16-21)28(5,6)30-26(34)38-13-15-40-18-20(2)24(32)36-8/h9-11,16H,1-2,12-15,17-18H2,3-8H3,(H,29,33)(H,30,34). The summed E-state index contributed by atoms with van der Waals surface area (Å²) in [4.78, 5) is 47.5. The fourth-order valence-electron chi connectivity index (χ4n) is 3.21. The summed E-state index contributed by atoms with van der Waals surface area (Å²) in [5, 5.41) is 5.73. The molecule has 10 nitrogen and oxygen atoms in total. The molecule has 12 heteroatoms. The number of carbonyl (C=O) groups excluding carboxylic acids is 4. The van der Waals surface area contributed by atoms with E-state index in [-0.39, 0.29) is 13.2 Å². The van der Waals surface area contributed by atoms with Crippen molar-refractivity contribution >= 4 is 47.6 Å². The fraction of sp³-hybridized carbons (Fsp3) is 0.500. The molecule has 0 fully saturated rings. The van der Waals surface area contributed by atoms with E-state index in [9.17, 15) is 19.2 Å². The van der Waals surface area contributed by atoms with Gasteiger partial charge in [-0.25, -0.2) is 19.2 Å². The predicted octanol–water partition coefficient (Wildman–Crippen LogP) is 4.53. The van der Waals surface area contributed by atoms with Crippen LogP contribution in [0, 0.1) is 0 Å². The fourth-order valence-corrected chi connectivity index (χ4v) is 4.63. The van der Waals surface area contributed by atoms with Crippen LogP contribution in [0.25, 0.3) is 0 Å². The van der Waals surface area contributed by atoms with Crippen LogP contribution in [0.3, 0.4) is 0 Å². The van der Waals surface area contributed by atoms with Crippen molar-refractivity contribution in [3.63, 3.8) is 0 Å². The van der Waals surface area contributed by atoms with Gasteiger partial charge in [0.15, 0.2) is 0 Å². The maximum absolute atomic E-state index is 12.4. The first-order chi connectivity index (χ1) is 18.7. The zero-order chi connectivity index (χ0) is 30.3. The number of hydrogen-bond donors (Lipinski definition) is 2. The Hall–Kier alpha value is -3.12. The molecular formula is C28H40N2O8S2. The van der Waals surface area contributed by atoms with E-state index in [1.165, 1.54) is 37.7 Å². The minimum absolute atomic E-state index is 0.165. The second-order valence-corrected chi connectivity index (χ2v) is 11.9. The summed E-state index contributed by atoms with van der Waals surface area (Å²) >= 11 is 2.82. The Morgan fingerprint density at radius 3 is 1.48 bits per heavy atom. The van der Waals surface area contributed by atoms with Gasteiger partial charge in [-0.15, -0.1) is 0 Å². The van der Waals surface area contributed by atoms with Gasteiger partial charge in [0.25, 0.3) is 0 Å². The van der Waals surface area contributed by atoms with Gasteiger partial charge in [0, 0.05) is 34.2 Å². The molecule has 0 aliphatic heterocycles. The molecule has 40 heavy (non-hydrogen) atoms. The van der Waals surface area contributed by atoms with E-state index in [2.05, 4.69) is 33.3 Å². The largest absolute Gasteiger partial charge is 0.466 e. The molecule has 0 aliphatic carbocycles. The van der Waals surface area contributed by atoms with Crippen LogP contribution in [-0.4, -0.2) is 74.6 Å². The second kappa shape index (κ2) is 16.9. The smallest absolute Gasteiger partial charge is 0.407 e. The van der Waals surface area contributed by atoms with Crippen LogP contribution < -0.4 is 10.6 Å². The third-order valence-electron chi connectivity index (χ3n) is 5.56. The predicted molar refractivity (Wildman–Crippen MR) is 158 cm³/mol. The van der Waals surface area contributed by atoms with E-state index in [0.717, 1.165) is 11.1 Å². The van der Waals surface area contributed by atoms with Gasteiger partial charge in [-0.05, 0) is 38.8 Å². The van der Waals surface area contributed by atoms with Crippen LogP contribution in [0.15, 0.2) is 48.6 Å². The minimum atomic E-state index is -0.762. The van der Waals surface area contributed by atoms with Crippen LogP contribution in [0.2, 0.25) is 0 Å². The average molecular weight is 597 g/mol. The lowest BCUT2D eigenvalue weighted by Gasteiger charge is -2.30. The number of carbonyl (C=O) groups is 4. The van der Waals surface area contributed by atoms with Gasteiger partial charge in [0.2, 0.25) is 0 Å². The molecule has 0 heterocycles. The zero-order valence-corrected chi connectivity index (χ0v) is 25.7. The number of benzene rings is 1. The second-order valence-electron chi connectivity index (χ2n) is 9.65. The van der Waals surface area contributed by atoms with Gasteiger partial charge in [0.05, 0.1) is 25.3 Å². The van der Waals surface area contributed by atoms with Crippen molar-refractivity contribution in [2.45, 2.75) is 38.8 Å². The van der Waals surface area contributed by atoms with Crippen molar-refractivity contribution in [3.8, 4) is 0 Å². The number of rotatable bonds is 16. The number of thioether (sulfide) groups is 2. The summed E-state index contributed by atoms with van der Waals surface area (Å²) in [7, 11) is 2.60. The highest BCUT2D eigenvalue weighted by Crippen LogP contribution is 2.27. The summed E-state index contributed by atoms with van der Waals surface area (Å²) in [6.07, 6.45) is -1.14. The summed E-state index contributed by atoms with van der Waals surface area (Å²) in [5.41, 5.74) is 0.804. The maximum atomic E-state index is 12.4. The van der Waals surface area contributed by atoms with Crippen molar-refractivity contribution in [2.24, 2.45) is 0 Å². The number of amides is 2. The third kappa shape index (κ3) is 12.4. The molecule has 0 aliphatic rings. The van der Waals surface area contributed by atoms with Crippen molar-refractivity contribution < 1.29 is 38.1 Å². The Morgan fingerprint density at radius 1 is 0.750 bits per heavy atom. The highest BCUT2D eigenvalue weighted by molar-refractivity contribution is 7.99. The first-order valence-corrected chi connectivity index (χ1v) is 14.7. The van der Waals surface area contributed by atoms with E-state index < -0.39 is 35.2 Å². The van der Waals surface area contributed by atoms with Gasteiger partial charge in [-0.3, -0.25) is 0 Å². The normalized spacial score (nSPS) is 11.2. The summed E-state index contributed by atoms with van der Waals surface area (Å²) < 4.78 is 19.8. The first-order valence-electron chi connectivity index (χ1n) is 12.4. The molecular weight excluding hydrogens is 556 g/mol. The summed E-state index contributed by atoms with van der Waals surface area (Å²) in [5.74, 6) is 0.855. The van der Waals surface area contributed by atoms with Crippen LogP contribution >= 0.6 is 23.5 Å². The molecule has 0 saturated carbocycles. The number of nitrogens with one attached hydrogen (secondary N) is 2. The maximum Gasteiger partial charge on any atom is 0.407 e. The van der Waals surface area contributed by atoms with E-state index in [1.54, 1.807) is 0 Å². The Bertz CT molecular complexity index is 993. The van der Waals surface area contributed by atoms with Crippen LogP contribution in [0.1, 0.15) is 38.8 Å². The topological polar surface area (TPSA) is 129 Å². The molecule has 0 aromatic heterocycles. The van der Waals surface area contributed by atoms with E-state index in [1.807, 2.05) is 52.0 Å². The monoisotopic (exact) mass is 596 g/mol. The first kappa shape index (κ1) is 34.9. The van der Waals surface area contributed by atoms with Gasteiger partial charge >= 0.3 is 24.1 Å². The molecule has 0 bridgehead atoms. The van der Waals surface area contributed by atoms with E-state index >= 15 is 0 Å². The quantitative estimate of drug-likeness (QED) is 0.121. The summed E-state index contributed by atoms with van der Waals surface area (Å²) in [6.45, 7) is 15.0. The Labute approximate surface area is 245 Å². The lowest BCUT2D eigenvalue weighted by atomic mass is 9.87. The minimum Gasteiger partial charge on any atom is -0.466 e. The molecule has 0 saturated heterocycles. The summed E-state index contributed by atoms with van der Waals surface area (Å²) in [6, 6.07) is 7.52. The van der Waals surface area contributed by atoms with Crippen molar-refractivity contribution in [2.75, 3.05) is 50.4 Å². The van der Waals surface area contributed by atoms with Crippen molar-refractivity contribution in [3.05, 3.63) is 59.7 Å². The molecule has 2 N–H and O–H groups in total. The lowest BCUT2D eigenvalue weighted by Crippen LogP contribution is -2.43. The van der Waals surface area contributed by atoms with E-state index in [0.29, 0.717) is 34.2 Å². The SMILES string of the molecule is C=C(CSCCOC(=O)NC(C)(C)c1cccc(C(C)(C)NC(=O)OCCSCC(=C)C(=O)OC)c1)C(=O)OC. The zero-order valence-electron chi connectivity index (χ0n) is 24.0. The number of ether oxygens (including phenoxy) is 4. The van der Waals surface area contributed by atoms with Crippen LogP contribution in [0.5, 0.6) is 0 Å². The van der Waals surface area contributed by atoms with Gasteiger partial charge in [-0.1, -0.05) is 37.4 Å². The molecule has 0 atom stereocenters. The molecule has 0 spiro atoms. The van der Waals surface area contributed by atoms with Gasteiger partial charge in [0.1, 0.15) is 13.2 Å². The van der Waals surface area contributed by atoms with E-state index in [4.69, 9.17) is 9.47 Å². The number of hydrogen-bond acceptors (Lipinski definition) is 10. The van der Waals surface area contributed by atoms with Crippen molar-refractivity contribution in [1.29, 1.82) is 0 Å². The van der Waals surface area contributed by atoms with Crippen molar-refractivity contribution in [1.82, 2.24) is 10.6 Å². The Balaban J connectivity index is 2.57. The molecule has 222 valence electrons. The van der Waals surface area contributed by atoms with Crippen LogP contribution in [-0.2, 0) is 39.6 Å². The lowest BCUT2D eigenvalue weighted by molar-refractivity contribution is -0.136. The number of methoxy groups -OCH3 is 2. The highest BCUT2D eigenvalue weighted by atomic mass is 32.2. The third-order valence-corrected chi connectivity index (χ3v) is 7.57. The molecule has 1 aromatic rings.